The second-order valence-electron chi connectivity index (χ2n) is 5.84. The molecule has 3 nitrogen and oxygen atoms in total. The average molecular weight is 391 g/mol. The van der Waals surface area contributed by atoms with E-state index in [4.69, 9.17) is 0 Å². The highest BCUT2D eigenvalue weighted by Crippen LogP contribution is 2.36. The minimum Gasteiger partial charge on any atom is -0.349 e. The molecule has 2 N–H and O–H groups in total. The molecular formula is C15H17ClF6N2O. The van der Waals surface area contributed by atoms with Crippen molar-refractivity contribution < 1.29 is 31.1 Å². The van der Waals surface area contributed by atoms with Crippen molar-refractivity contribution in [1.82, 2.24) is 10.6 Å². The molecule has 0 radical (unpaired) electrons. The van der Waals surface area contributed by atoms with Crippen LogP contribution in [0.1, 0.15) is 34.8 Å². The fraction of sp³-hybridized carbons (Fsp3) is 0.533. The molecule has 0 aromatic heterocycles. The third kappa shape index (κ3) is 5.50. The van der Waals surface area contributed by atoms with Gasteiger partial charge in [0.25, 0.3) is 5.91 Å². The van der Waals surface area contributed by atoms with Crippen LogP contribution >= 0.6 is 12.4 Å². The number of alkyl halides is 6. The summed E-state index contributed by atoms with van der Waals surface area (Å²) in [5.41, 5.74) is -3.65. The summed E-state index contributed by atoms with van der Waals surface area (Å²) in [5, 5.41) is 5.62. The Labute approximate surface area is 146 Å². The van der Waals surface area contributed by atoms with Gasteiger partial charge in [-0.2, -0.15) is 26.3 Å². The lowest BCUT2D eigenvalue weighted by Gasteiger charge is -2.30. The monoisotopic (exact) mass is 390 g/mol. The summed E-state index contributed by atoms with van der Waals surface area (Å²) >= 11 is 0. The van der Waals surface area contributed by atoms with Gasteiger partial charge in [-0.05, 0) is 43.6 Å². The van der Waals surface area contributed by atoms with Crippen LogP contribution in [0, 0.1) is 5.92 Å². The summed E-state index contributed by atoms with van der Waals surface area (Å²) in [6.45, 7) is 3.07. The molecule has 0 saturated carbocycles. The summed E-state index contributed by atoms with van der Waals surface area (Å²) in [7, 11) is 0. The Morgan fingerprint density at radius 1 is 1.08 bits per heavy atom. The lowest BCUT2D eigenvalue weighted by molar-refractivity contribution is -0.143. The molecule has 1 amide bonds. The molecule has 1 aromatic rings. The number of carbonyl (C=O) groups excluding carboxylic acids is 1. The van der Waals surface area contributed by atoms with Gasteiger partial charge in [-0.25, -0.2) is 0 Å². The van der Waals surface area contributed by atoms with Gasteiger partial charge in [0.05, 0.1) is 11.1 Å². The van der Waals surface area contributed by atoms with E-state index in [-0.39, 0.29) is 30.4 Å². The van der Waals surface area contributed by atoms with Crippen molar-refractivity contribution >= 4 is 18.3 Å². The molecule has 2 rings (SSSR count). The zero-order valence-electron chi connectivity index (χ0n) is 13.1. The Morgan fingerprint density at radius 2 is 1.60 bits per heavy atom. The third-order valence-corrected chi connectivity index (χ3v) is 3.95. The van der Waals surface area contributed by atoms with Crippen molar-refractivity contribution in [2.24, 2.45) is 5.92 Å². The Hall–Kier alpha value is -1.48. The summed E-state index contributed by atoms with van der Waals surface area (Å²) in [6, 6.07) is 0.582. The molecule has 142 valence electrons. The summed E-state index contributed by atoms with van der Waals surface area (Å²) in [6.07, 6.45) is -9.39. The van der Waals surface area contributed by atoms with Crippen molar-refractivity contribution in [2.45, 2.75) is 31.7 Å². The van der Waals surface area contributed by atoms with Gasteiger partial charge in [0.15, 0.2) is 0 Å². The first-order valence-electron chi connectivity index (χ1n) is 7.29. The van der Waals surface area contributed by atoms with E-state index in [1.54, 1.807) is 0 Å². The smallest absolute Gasteiger partial charge is 0.349 e. The van der Waals surface area contributed by atoms with E-state index in [9.17, 15) is 31.1 Å². The molecule has 2 unspecified atom stereocenters. The molecular weight excluding hydrogens is 374 g/mol. The number of amides is 1. The van der Waals surface area contributed by atoms with E-state index < -0.39 is 35.0 Å². The van der Waals surface area contributed by atoms with E-state index in [1.807, 2.05) is 6.92 Å². The Balaban J connectivity index is 0.00000312. The standard InChI is InChI=1S/C15H16F6N2O.ClH/c1-8-7-22-3-2-12(8)23-13(24)9-4-10(14(16,17)18)6-11(5-9)15(19,20)21;/h4-6,8,12,22H,2-3,7H2,1H3,(H,23,24);1H. The molecule has 1 aromatic carbocycles. The second kappa shape index (κ2) is 7.82. The molecule has 2 atom stereocenters. The molecule has 1 aliphatic rings. The maximum atomic E-state index is 12.8. The highest BCUT2D eigenvalue weighted by atomic mass is 35.5. The summed E-state index contributed by atoms with van der Waals surface area (Å²) < 4.78 is 76.9. The molecule has 0 aliphatic carbocycles. The summed E-state index contributed by atoms with van der Waals surface area (Å²) in [4.78, 5) is 12.2. The SMILES string of the molecule is CC1CNCCC1NC(=O)c1cc(C(F)(F)F)cc(C(F)(F)F)c1.Cl. The third-order valence-electron chi connectivity index (χ3n) is 3.95. The number of benzene rings is 1. The first kappa shape index (κ1) is 21.6. The number of rotatable bonds is 2. The number of nitrogens with one attached hydrogen (secondary N) is 2. The molecule has 10 heteroatoms. The molecule has 0 spiro atoms. The van der Waals surface area contributed by atoms with Gasteiger partial charge < -0.3 is 10.6 Å². The first-order valence-corrected chi connectivity index (χ1v) is 7.29. The van der Waals surface area contributed by atoms with Crippen molar-refractivity contribution in [3.05, 3.63) is 34.9 Å². The van der Waals surface area contributed by atoms with Crippen molar-refractivity contribution in [3.8, 4) is 0 Å². The molecule has 0 bridgehead atoms. The van der Waals surface area contributed by atoms with Crippen molar-refractivity contribution in [2.75, 3.05) is 13.1 Å². The largest absolute Gasteiger partial charge is 0.416 e. The van der Waals surface area contributed by atoms with Gasteiger partial charge >= 0.3 is 12.4 Å². The van der Waals surface area contributed by atoms with Crippen LogP contribution in [-0.2, 0) is 12.4 Å². The van der Waals surface area contributed by atoms with E-state index in [0.717, 1.165) is 0 Å². The quantitative estimate of drug-likeness (QED) is 0.753. The van der Waals surface area contributed by atoms with Gasteiger partial charge in [-0.1, -0.05) is 6.92 Å². The first-order chi connectivity index (χ1) is 11.0. The van der Waals surface area contributed by atoms with E-state index in [2.05, 4.69) is 10.6 Å². The normalized spacial score (nSPS) is 21.4. The van der Waals surface area contributed by atoms with Crippen LogP contribution in [0.5, 0.6) is 0 Å². The van der Waals surface area contributed by atoms with Gasteiger partial charge in [0, 0.05) is 11.6 Å². The van der Waals surface area contributed by atoms with Crippen LogP contribution in [0.4, 0.5) is 26.3 Å². The number of hydrogen-bond acceptors (Lipinski definition) is 2. The van der Waals surface area contributed by atoms with Gasteiger partial charge in [-0.15, -0.1) is 12.4 Å². The van der Waals surface area contributed by atoms with Crippen LogP contribution in [0.15, 0.2) is 18.2 Å². The Morgan fingerprint density at radius 3 is 2.04 bits per heavy atom. The fourth-order valence-electron chi connectivity index (χ4n) is 2.57. The maximum absolute atomic E-state index is 12.8. The highest BCUT2D eigenvalue weighted by Gasteiger charge is 2.37. The van der Waals surface area contributed by atoms with Crippen LogP contribution < -0.4 is 10.6 Å². The Bertz CT molecular complexity index is 585. The molecule has 1 heterocycles. The van der Waals surface area contributed by atoms with Crippen molar-refractivity contribution in [3.63, 3.8) is 0 Å². The molecule has 1 saturated heterocycles. The highest BCUT2D eigenvalue weighted by molar-refractivity contribution is 5.94. The lowest BCUT2D eigenvalue weighted by atomic mass is 9.94. The molecule has 1 aliphatic heterocycles. The molecule has 25 heavy (non-hydrogen) atoms. The predicted octanol–water partition coefficient (Wildman–Crippen LogP) is 3.87. The number of carbonyl (C=O) groups is 1. The lowest BCUT2D eigenvalue weighted by Crippen LogP contribution is -2.48. The van der Waals surface area contributed by atoms with Gasteiger partial charge in [-0.3, -0.25) is 4.79 Å². The fourth-order valence-corrected chi connectivity index (χ4v) is 2.57. The Kier molecular flexibility index (Phi) is 6.74. The van der Waals surface area contributed by atoms with Crippen LogP contribution in [0.3, 0.4) is 0 Å². The van der Waals surface area contributed by atoms with Crippen LogP contribution in [-0.4, -0.2) is 25.0 Å². The van der Waals surface area contributed by atoms with Crippen LogP contribution in [0.25, 0.3) is 0 Å². The number of halogens is 7. The predicted molar refractivity (Wildman–Crippen MR) is 81.6 cm³/mol. The zero-order valence-corrected chi connectivity index (χ0v) is 13.9. The van der Waals surface area contributed by atoms with Crippen LogP contribution in [0.2, 0.25) is 0 Å². The average Bonchev–Trinajstić information content (AvgIpc) is 2.47. The second-order valence-corrected chi connectivity index (χ2v) is 5.84. The summed E-state index contributed by atoms with van der Waals surface area (Å²) in [5.74, 6) is -0.916. The van der Waals surface area contributed by atoms with Gasteiger partial charge in [0.1, 0.15) is 0 Å². The van der Waals surface area contributed by atoms with Gasteiger partial charge in [0.2, 0.25) is 0 Å². The topological polar surface area (TPSA) is 41.1 Å². The van der Waals surface area contributed by atoms with E-state index >= 15 is 0 Å². The van der Waals surface area contributed by atoms with E-state index in [1.165, 1.54) is 0 Å². The maximum Gasteiger partial charge on any atom is 0.416 e. The number of piperidine rings is 1. The zero-order chi connectivity index (χ0) is 18.1. The van der Waals surface area contributed by atoms with Crippen molar-refractivity contribution in [1.29, 1.82) is 0 Å². The molecule has 1 fully saturated rings. The van der Waals surface area contributed by atoms with E-state index in [0.29, 0.717) is 31.6 Å². The minimum absolute atomic E-state index is 0. The number of hydrogen-bond donors (Lipinski definition) is 2. The minimum atomic E-state index is -4.97.